The van der Waals surface area contributed by atoms with Gasteiger partial charge in [0.05, 0.1) is 35.3 Å². The Morgan fingerprint density at radius 1 is 1.24 bits per heavy atom. The summed E-state index contributed by atoms with van der Waals surface area (Å²) < 4.78 is 6.95. The van der Waals surface area contributed by atoms with Crippen molar-refractivity contribution < 1.29 is 24.7 Å². The van der Waals surface area contributed by atoms with Crippen molar-refractivity contribution in [2.75, 3.05) is 6.61 Å². The van der Waals surface area contributed by atoms with Gasteiger partial charge in [-0.1, -0.05) is 0 Å². The van der Waals surface area contributed by atoms with Crippen LogP contribution in [0.1, 0.15) is 40.2 Å². The molecule has 1 aromatic heterocycles. The van der Waals surface area contributed by atoms with Crippen LogP contribution in [0.5, 0.6) is 5.75 Å². The highest BCUT2D eigenvalue weighted by Crippen LogP contribution is 2.34. The predicted molar refractivity (Wildman–Crippen MR) is 107 cm³/mol. The smallest absolute Gasteiger partial charge is 0.340 e. The number of non-ortho nitro benzene ring substituents is 1. The van der Waals surface area contributed by atoms with E-state index in [1.54, 1.807) is 37.5 Å². The summed E-state index contributed by atoms with van der Waals surface area (Å²) in [5.74, 6) is -0.415. The van der Waals surface area contributed by atoms with Gasteiger partial charge in [0.15, 0.2) is 0 Å². The molecule has 8 nitrogen and oxygen atoms in total. The number of aliphatic hydroxyl groups is 1. The maximum atomic E-state index is 12.6. The maximum Gasteiger partial charge on any atom is 0.340 e. The summed E-state index contributed by atoms with van der Waals surface area (Å²) >= 11 is 0. The van der Waals surface area contributed by atoms with Gasteiger partial charge in [0, 0.05) is 29.3 Å². The number of nitro benzene ring substituents is 1. The molecule has 0 aliphatic heterocycles. The van der Waals surface area contributed by atoms with Crippen molar-refractivity contribution in [2.24, 2.45) is 0 Å². The molecule has 8 heteroatoms. The lowest BCUT2D eigenvalue weighted by molar-refractivity contribution is -0.384. The van der Waals surface area contributed by atoms with Crippen LogP contribution in [0.3, 0.4) is 0 Å². The van der Waals surface area contributed by atoms with E-state index in [0.717, 1.165) is 5.56 Å². The van der Waals surface area contributed by atoms with E-state index in [9.17, 15) is 25.1 Å². The second-order valence-electron chi connectivity index (χ2n) is 6.81. The Labute approximate surface area is 167 Å². The summed E-state index contributed by atoms with van der Waals surface area (Å²) in [5, 5.41) is 32.2. The second kappa shape index (κ2) is 7.92. The van der Waals surface area contributed by atoms with E-state index in [-0.39, 0.29) is 24.6 Å². The van der Waals surface area contributed by atoms with Crippen LogP contribution >= 0.6 is 0 Å². The number of nitro groups is 1. The van der Waals surface area contributed by atoms with E-state index in [1.807, 2.05) is 0 Å². The molecule has 1 atom stereocenters. The number of hydrogen-bond acceptors (Lipinski definition) is 6. The number of aryl methyl sites for hydroxylation is 1. The number of hydrogen-bond donors (Lipinski definition) is 2. The standard InChI is InChI=1S/C21H22N2O6/c1-4-29-21(26)20-13(3)22(17-10-16(24)9-12(2)19(17)20)11-18(25)14-5-7-15(8-6-14)23(27)28/h5-10,18,24-25H,4,11H2,1-3H3. The molecule has 0 fully saturated rings. The normalized spacial score (nSPS) is 12.1. The number of esters is 1. The van der Waals surface area contributed by atoms with Crippen molar-refractivity contribution in [3.8, 4) is 5.75 Å². The fraction of sp³-hybridized carbons (Fsp3) is 0.286. The number of aromatic hydroxyl groups is 1. The molecule has 0 bridgehead atoms. The minimum absolute atomic E-state index is 0.0500. The van der Waals surface area contributed by atoms with Gasteiger partial charge in [-0.25, -0.2) is 4.79 Å². The molecule has 1 unspecified atom stereocenters. The number of aliphatic hydroxyl groups excluding tert-OH is 1. The first kappa shape index (κ1) is 20.3. The van der Waals surface area contributed by atoms with Crippen LogP contribution in [0, 0.1) is 24.0 Å². The van der Waals surface area contributed by atoms with E-state index >= 15 is 0 Å². The van der Waals surface area contributed by atoms with Crippen LogP contribution < -0.4 is 0 Å². The molecule has 2 aromatic carbocycles. The van der Waals surface area contributed by atoms with E-state index in [1.165, 1.54) is 24.3 Å². The highest BCUT2D eigenvalue weighted by molar-refractivity contribution is 6.07. The first-order chi connectivity index (χ1) is 13.7. The van der Waals surface area contributed by atoms with Crippen LogP contribution in [0.25, 0.3) is 10.9 Å². The highest BCUT2D eigenvalue weighted by Gasteiger charge is 2.24. The fourth-order valence-electron chi connectivity index (χ4n) is 3.57. The highest BCUT2D eigenvalue weighted by atomic mass is 16.6. The van der Waals surface area contributed by atoms with Crippen molar-refractivity contribution in [2.45, 2.75) is 33.4 Å². The molecular weight excluding hydrogens is 376 g/mol. The van der Waals surface area contributed by atoms with E-state index < -0.39 is 17.0 Å². The Morgan fingerprint density at radius 3 is 2.48 bits per heavy atom. The molecule has 0 spiro atoms. The monoisotopic (exact) mass is 398 g/mol. The third-order valence-corrected chi connectivity index (χ3v) is 4.93. The van der Waals surface area contributed by atoms with Crippen molar-refractivity contribution in [1.29, 1.82) is 0 Å². The van der Waals surface area contributed by atoms with E-state index in [4.69, 9.17) is 4.74 Å². The Bertz CT molecular complexity index is 1080. The SMILES string of the molecule is CCOC(=O)c1c(C)n(CC(O)c2ccc([N+](=O)[O-])cc2)c2cc(O)cc(C)c12. The molecule has 1 heterocycles. The summed E-state index contributed by atoms with van der Waals surface area (Å²) in [5.41, 5.74) is 2.77. The number of fused-ring (bicyclic) bond motifs is 1. The molecule has 3 rings (SSSR count). The van der Waals surface area contributed by atoms with Gasteiger partial charge in [-0.2, -0.15) is 0 Å². The molecular formula is C21H22N2O6. The van der Waals surface area contributed by atoms with Crippen LogP contribution in [0.4, 0.5) is 5.69 Å². The largest absolute Gasteiger partial charge is 0.508 e. The minimum Gasteiger partial charge on any atom is -0.508 e. The quantitative estimate of drug-likeness (QED) is 0.371. The topological polar surface area (TPSA) is 115 Å². The first-order valence-corrected chi connectivity index (χ1v) is 9.16. The number of carbonyl (C=O) groups excluding carboxylic acids is 1. The van der Waals surface area contributed by atoms with Gasteiger partial charge in [-0.3, -0.25) is 10.1 Å². The number of benzene rings is 2. The fourth-order valence-corrected chi connectivity index (χ4v) is 3.57. The zero-order valence-corrected chi connectivity index (χ0v) is 16.4. The number of nitrogens with zero attached hydrogens (tertiary/aromatic N) is 2. The zero-order chi connectivity index (χ0) is 21.3. The van der Waals surface area contributed by atoms with Gasteiger partial charge in [-0.15, -0.1) is 0 Å². The summed E-state index contributed by atoms with van der Waals surface area (Å²) in [6.07, 6.45) is -0.970. The summed E-state index contributed by atoms with van der Waals surface area (Å²) in [6, 6.07) is 8.78. The Balaban J connectivity index is 2.07. The molecule has 0 saturated carbocycles. The van der Waals surface area contributed by atoms with Crippen molar-refractivity contribution >= 4 is 22.6 Å². The lowest BCUT2D eigenvalue weighted by atomic mass is 10.1. The molecule has 0 aliphatic carbocycles. The number of carbonyl (C=O) groups is 1. The number of rotatable bonds is 6. The first-order valence-electron chi connectivity index (χ1n) is 9.16. The second-order valence-corrected chi connectivity index (χ2v) is 6.81. The van der Waals surface area contributed by atoms with Crippen molar-refractivity contribution in [1.82, 2.24) is 4.57 Å². The van der Waals surface area contributed by atoms with E-state index in [0.29, 0.717) is 27.7 Å². The number of ether oxygens (including phenoxy) is 1. The van der Waals surface area contributed by atoms with Crippen LogP contribution in [-0.2, 0) is 11.3 Å². The Kier molecular flexibility index (Phi) is 5.56. The van der Waals surface area contributed by atoms with Gasteiger partial charge >= 0.3 is 5.97 Å². The van der Waals surface area contributed by atoms with E-state index in [2.05, 4.69) is 0 Å². The minimum atomic E-state index is -0.970. The summed E-state index contributed by atoms with van der Waals surface area (Å²) in [6.45, 7) is 5.60. The molecule has 0 aliphatic rings. The Hall–Kier alpha value is -3.39. The number of phenolic OH excluding ortho intramolecular Hbond substituents is 1. The third-order valence-electron chi connectivity index (χ3n) is 4.93. The molecule has 2 N–H and O–H groups in total. The number of phenols is 1. The average Bonchev–Trinajstić information content (AvgIpc) is 2.94. The Morgan fingerprint density at radius 2 is 1.90 bits per heavy atom. The molecule has 3 aromatic rings. The summed E-state index contributed by atoms with van der Waals surface area (Å²) in [4.78, 5) is 22.9. The van der Waals surface area contributed by atoms with Crippen LogP contribution in [0.15, 0.2) is 36.4 Å². The average molecular weight is 398 g/mol. The third kappa shape index (κ3) is 3.79. The van der Waals surface area contributed by atoms with Crippen molar-refractivity contribution in [3.63, 3.8) is 0 Å². The molecule has 0 saturated heterocycles. The van der Waals surface area contributed by atoms with Crippen LogP contribution in [-0.4, -0.2) is 32.3 Å². The molecule has 152 valence electrons. The molecule has 0 radical (unpaired) electrons. The maximum absolute atomic E-state index is 12.6. The summed E-state index contributed by atoms with van der Waals surface area (Å²) in [7, 11) is 0. The zero-order valence-electron chi connectivity index (χ0n) is 16.4. The molecule has 0 amide bonds. The lowest BCUT2D eigenvalue weighted by Crippen LogP contribution is -2.12. The molecule has 29 heavy (non-hydrogen) atoms. The van der Waals surface area contributed by atoms with Gasteiger partial charge in [0.2, 0.25) is 0 Å². The van der Waals surface area contributed by atoms with Crippen LogP contribution in [0.2, 0.25) is 0 Å². The predicted octanol–water partition coefficient (Wildman–Crippen LogP) is 3.78. The van der Waals surface area contributed by atoms with Gasteiger partial charge < -0.3 is 19.5 Å². The van der Waals surface area contributed by atoms with Gasteiger partial charge in [0.1, 0.15) is 5.75 Å². The number of aromatic nitrogens is 1. The van der Waals surface area contributed by atoms with Gasteiger partial charge in [0.25, 0.3) is 5.69 Å². The van der Waals surface area contributed by atoms with Gasteiger partial charge in [-0.05, 0) is 50.1 Å². The lowest BCUT2D eigenvalue weighted by Gasteiger charge is -2.15. The van der Waals surface area contributed by atoms with Crippen molar-refractivity contribution in [3.05, 3.63) is 68.9 Å².